The fraction of sp³-hybridized carbons (Fsp3) is 0. The van der Waals surface area contributed by atoms with Crippen LogP contribution in [0, 0.1) is 0 Å². The number of hydrogen-bond donors (Lipinski definition) is 3. The summed E-state index contributed by atoms with van der Waals surface area (Å²) in [5.74, 6) is -0.435. The van der Waals surface area contributed by atoms with Crippen LogP contribution in [0.5, 0.6) is 0 Å². The number of amides is 2. The van der Waals surface area contributed by atoms with Crippen LogP contribution in [0.4, 0.5) is 10.8 Å². The Labute approximate surface area is 205 Å². The molecule has 9 nitrogen and oxygen atoms in total. The first-order chi connectivity index (χ1) is 16.6. The van der Waals surface area contributed by atoms with E-state index in [4.69, 9.17) is 11.6 Å². The average Bonchev–Trinajstić information content (AvgIpc) is 3.62. The van der Waals surface area contributed by atoms with Crippen LogP contribution in [0.1, 0.15) is 20.0 Å². The van der Waals surface area contributed by atoms with Gasteiger partial charge in [0, 0.05) is 16.0 Å². The molecule has 0 atom stereocenters. The van der Waals surface area contributed by atoms with Crippen molar-refractivity contribution in [3.63, 3.8) is 0 Å². The number of aromatic nitrogens is 5. The van der Waals surface area contributed by atoms with Gasteiger partial charge in [0.2, 0.25) is 5.82 Å². The van der Waals surface area contributed by atoms with E-state index in [0.29, 0.717) is 31.2 Å². The number of thiophene rings is 1. The third kappa shape index (κ3) is 4.71. The zero-order valence-corrected chi connectivity index (χ0v) is 19.5. The molecule has 0 aliphatic carbocycles. The molecule has 2 amide bonds. The number of aromatic amines is 1. The molecule has 3 heterocycles. The van der Waals surface area contributed by atoms with Crippen LogP contribution < -0.4 is 10.6 Å². The fourth-order valence-electron chi connectivity index (χ4n) is 3.14. The molecule has 0 aliphatic heterocycles. The second-order valence-corrected chi connectivity index (χ2v) is 9.65. The van der Waals surface area contributed by atoms with Crippen molar-refractivity contribution in [1.82, 2.24) is 25.6 Å². The van der Waals surface area contributed by atoms with Gasteiger partial charge in [-0.05, 0) is 41.1 Å². The Balaban J connectivity index is 1.43. The molecule has 0 aliphatic rings. The number of H-pyrrole nitrogens is 1. The number of anilines is 2. The highest BCUT2D eigenvalue weighted by Gasteiger charge is 2.18. The number of rotatable bonds is 6. The number of hydrogen-bond acceptors (Lipinski definition) is 8. The summed E-state index contributed by atoms with van der Waals surface area (Å²) in [6, 6.07) is 18.3. The summed E-state index contributed by atoms with van der Waals surface area (Å²) in [4.78, 5) is 31.3. The molecule has 0 saturated carbocycles. The molecule has 0 fully saturated rings. The van der Waals surface area contributed by atoms with Crippen LogP contribution >= 0.6 is 34.3 Å². The molecule has 0 unspecified atom stereocenters. The number of benzene rings is 2. The quantitative estimate of drug-likeness (QED) is 0.289. The minimum atomic E-state index is -0.399. The summed E-state index contributed by atoms with van der Waals surface area (Å²) in [7, 11) is 0. The number of carbonyl (C=O) groups excluding carboxylic acids is 2. The zero-order valence-electron chi connectivity index (χ0n) is 17.2. The van der Waals surface area contributed by atoms with E-state index in [-0.39, 0.29) is 11.7 Å². The summed E-state index contributed by atoms with van der Waals surface area (Å²) in [6.07, 6.45) is 1.46. The van der Waals surface area contributed by atoms with E-state index in [1.807, 2.05) is 36.4 Å². The van der Waals surface area contributed by atoms with Gasteiger partial charge in [0.15, 0.2) is 5.13 Å². The lowest BCUT2D eigenvalue weighted by molar-refractivity contribution is 0.101. The topological polar surface area (TPSA) is 126 Å². The highest BCUT2D eigenvalue weighted by atomic mass is 35.5. The Hall–Kier alpha value is -3.93. The number of tetrazole rings is 1. The highest BCUT2D eigenvalue weighted by Crippen LogP contribution is 2.31. The standard InChI is InChI=1S/C22H14ClN7O2S2/c23-18-11-24-22(34-18)26-20(31)13-6-7-14(19-27-29-30-28-19)15(10-13)25-21(32)17-9-8-16(33-17)12-4-2-1-3-5-12/h1-11H,(H,25,32)(H,24,26,31)(H,27,28,29,30). The second kappa shape index (κ2) is 9.51. The maximum Gasteiger partial charge on any atom is 0.265 e. The van der Waals surface area contributed by atoms with Crippen LogP contribution in [0.15, 0.2) is 66.9 Å². The van der Waals surface area contributed by atoms with Gasteiger partial charge in [-0.2, -0.15) is 5.21 Å². The Bertz CT molecular complexity index is 1470. The first kappa shape index (κ1) is 21.9. The van der Waals surface area contributed by atoms with Gasteiger partial charge in [-0.25, -0.2) is 4.98 Å². The Morgan fingerprint density at radius 3 is 2.53 bits per heavy atom. The number of thiazole rings is 1. The van der Waals surface area contributed by atoms with Gasteiger partial charge >= 0.3 is 0 Å². The summed E-state index contributed by atoms with van der Waals surface area (Å²) < 4.78 is 0.460. The van der Waals surface area contributed by atoms with Crippen molar-refractivity contribution in [3.8, 4) is 21.8 Å². The molecule has 3 N–H and O–H groups in total. The smallest absolute Gasteiger partial charge is 0.265 e. The third-order valence-electron chi connectivity index (χ3n) is 4.70. The minimum absolute atomic E-state index is 0.283. The van der Waals surface area contributed by atoms with E-state index in [9.17, 15) is 9.59 Å². The number of nitrogens with zero attached hydrogens (tertiary/aromatic N) is 4. The molecular formula is C22H14ClN7O2S2. The Kier molecular flexibility index (Phi) is 6.12. The fourth-order valence-corrected chi connectivity index (χ4v) is 4.86. The van der Waals surface area contributed by atoms with Gasteiger partial charge in [0.25, 0.3) is 11.8 Å². The van der Waals surface area contributed by atoms with Crippen molar-refractivity contribution in [2.45, 2.75) is 0 Å². The summed E-state index contributed by atoms with van der Waals surface area (Å²) in [5, 5.41) is 19.9. The molecule has 12 heteroatoms. The third-order valence-corrected chi connectivity index (χ3v) is 6.87. The summed E-state index contributed by atoms with van der Waals surface area (Å²) in [6.45, 7) is 0. The van der Waals surface area contributed by atoms with Crippen LogP contribution in [0.3, 0.4) is 0 Å². The first-order valence-corrected chi connectivity index (χ1v) is 11.8. The lowest BCUT2D eigenvalue weighted by Crippen LogP contribution is -2.15. The number of halogens is 1. The monoisotopic (exact) mass is 507 g/mol. The van der Waals surface area contributed by atoms with Crippen molar-refractivity contribution < 1.29 is 9.59 Å². The van der Waals surface area contributed by atoms with E-state index < -0.39 is 5.91 Å². The normalized spacial score (nSPS) is 10.7. The average molecular weight is 508 g/mol. The first-order valence-electron chi connectivity index (χ1n) is 9.84. The molecule has 0 radical (unpaired) electrons. The predicted molar refractivity (Wildman–Crippen MR) is 132 cm³/mol. The van der Waals surface area contributed by atoms with Crippen LogP contribution in [-0.2, 0) is 0 Å². The summed E-state index contributed by atoms with van der Waals surface area (Å²) >= 11 is 8.40. The van der Waals surface area contributed by atoms with Gasteiger partial charge in [-0.3, -0.25) is 14.9 Å². The SMILES string of the molecule is O=C(Nc1ncc(Cl)s1)c1ccc(-c2nn[nH]n2)c(NC(=O)c2ccc(-c3ccccc3)s2)c1. The van der Waals surface area contributed by atoms with E-state index in [0.717, 1.165) is 21.8 Å². The molecule has 5 rings (SSSR count). The van der Waals surface area contributed by atoms with Crippen LogP contribution in [0.25, 0.3) is 21.8 Å². The molecule has 0 spiro atoms. The van der Waals surface area contributed by atoms with Gasteiger partial charge in [-0.15, -0.1) is 21.5 Å². The zero-order chi connectivity index (χ0) is 23.5. The Morgan fingerprint density at radius 1 is 0.941 bits per heavy atom. The number of nitrogens with one attached hydrogen (secondary N) is 3. The number of carbonyl (C=O) groups is 2. The van der Waals surface area contributed by atoms with E-state index >= 15 is 0 Å². The minimum Gasteiger partial charge on any atom is -0.321 e. The van der Waals surface area contributed by atoms with Crippen molar-refractivity contribution in [2.75, 3.05) is 10.6 Å². The van der Waals surface area contributed by atoms with Crippen LogP contribution in [-0.4, -0.2) is 37.4 Å². The molecular weight excluding hydrogens is 494 g/mol. The lowest BCUT2D eigenvalue weighted by atomic mass is 10.1. The second-order valence-electron chi connectivity index (χ2n) is 6.90. The highest BCUT2D eigenvalue weighted by molar-refractivity contribution is 7.19. The summed E-state index contributed by atoms with van der Waals surface area (Å²) in [5.41, 5.74) is 2.21. The Morgan fingerprint density at radius 2 is 1.79 bits per heavy atom. The van der Waals surface area contributed by atoms with Gasteiger partial charge in [0.1, 0.15) is 4.34 Å². The largest absolute Gasteiger partial charge is 0.321 e. The van der Waals surface area contributed by atoms with Crippen molar-refractivity contribution >= 4 is 56.9 Å². The molecule has 2 aromatic carbocycles. The maximum absolute atomic E-state index is 13.1. The molecule has 0 saturated heterocycles. The lowest BCUT2D eigenvalue weighted by Gasteiger charge is -2.10. The van der Waals surface area contributed by atoms with Crippen molar-refractivity contribution in [1.29, 1.82) is 0 Å². The van der Waals surface area contributed by atoms with E-state index in [1.165, 1.54) is 17.5 Å². The van der Waals surface area contributed by atoms with E-state index in [1.54, 1.807) is 24.3 Å². The van der Waals surface area contributed by atoms with Crippen LogP contribution in [0.2, 0.25) is 4.34 Å². The molecule has 0 bridgehead atoms. The molecule has 3 aromatic heterocycles. The van der Waals surface area contributed by atoms with Gasteiger partial charge < -0.3 is 5.32 Å². The molecule has 5 aromatic rings. The van der Waals surface area contributed by atoms with Crippen molar-refractivity contribution in [2.24, 2.45) is 0 Å². The molecule has 34 heavy (non-hydrogen) atoms. The predicted octanol–water partition coefficient (Wildman–Crippen LogP) is 5.21. The maximum atomic E-state index is 13.1. The van der Waals surface area contributed by atoms with Crippen molar-refractivity contribution in [3.05, 3.63) is 81.6 Å². The van der Waals surface area contributed by atoms with Gasteiger partial charge in [0.05, 0.1) is 16.8 Å². The van der Waals surface area contributed by atoms with Gasteiger partial charge in [-0.1, -0.05) is 53.3 Å². The van der Waals surface area contributed by atoms with E-state index in [2.05, 4.69) is 36.2 Å². The molecule has 168 valence electrons.